The third kappa shape index (κ3) is 4.13. The van der Waals surface area contributed by atoms with E-state index in [9.17, 15) is 4.79 Å². The van der Waals surface area contributed by atoms with Crippen LogP contribution in [0, 0.1) is 0 Å². The largest absolute Gasteiger partial charge is 0.466 e. The summed E-state index contributed by atoms with van der Waals surface area (Å²) >= 11 is 3.96. The number of carbonyl (C=O) groups excluding carboxylic acids is 1. The van der Waals surface area contributed by atoms with Crippen LogP contribution in [0.1, 0.15) is 33.1 Å². The maximum atomic E-state index is 11.2. The molecule has 0 atom stereocenters. The highest BCUT2D eigenvalue weighted by atomic mass is 32.2. The van der Waals surface area contributed by atoms with E-state index in [1.54, 1.807) is 0 Å². The molecule has 2 nitrogen and oxygen atoms in total. The standard InChI is InChI=1S/C10H18O2S2/c1-3-12-9(11)5-6-10(2)13-7-4-8-14-10/h3-8H2,1-2H3. The van der Waals surface area contributed by atoms with Crippen LogP contribution in [-0.4, -0.2) is 28.2 Å². The first-order valence-electron chi connectivity index (χ1n) is 5.10. The predicted octanol–water partition coefficient (Wildman–Crippen LogP) is 2.92. The van der Waals surface area contributed by atoms with Crippen molar-refractivity contribution in [3.05, 3.63) is 0 Å². The third-order valence-corrected chi connectivity index (χ3v) is 5.51. The van der Waals surface area contributed by atoms with Crippen LogP contribution in [0.5, 0.6) is 0 Å². The molecular weight excluding hydrogens is 216 g/mol. The lowest BCUT2D eigenvalue weighted by molar-refractivity contribution is -0.143. The number of rotatable bonds is 4. The van der Waals surface area contributed by atoms with Crippen LogP contribution < -0.4 is 0 Å². The van der Waals surface area contributed by atoms with E-state index in [2.05, 4.69) is 6.92 Å². The summed E-state index contributed by atoms with van der Waals surface area (Å²) in [5.41, 5.74) is 0. The quantitative estimate of drug-likeness (QED) is 0.699. The van der Waals surface area contributed by atoms with Crippen molar-refractivity contribution in [3.8, 4) is 0 Å². The van der Waals surface area contributed by atoms with Gasteiger partial charge in [0.2, 0.25) is 0 Å². The minimum Gasteiger partial charge on any atom is -0.466 e. The summed E-state index contributed by atoms with van der Waals surface area (Å²) in [4.78, 5) is 11.2. The van der Waals surface area contributed by atoms with Gasteiger partial charge in [0.25, 0.3) is 0 Å². The zero-order valence-electron chi connectivity index (χ0n) is 8.88. The van der Waals surface area contributed by atoms with Gasteiger partial charge in [0.05, 0.1) is 10.7 Å². The maximum absolute atomic E-state index is 11.2. The fraction of sp³-hybridized carbons (Fsp3) is 0.900. The summed E-state index contributed by atoms with van der Waals surface area (Å²) in [6.07, 6.45) is 2.79. The fourth-order valence-electron chi connectivity index (χ4n) is 1.38. The van der Waals surface area contributed by atoms with Crippen molar-refractivity contribution in [1.82, 2.24) is 0 Å². The molecule has 0 unspecified atom stereocenters. The van der Waals surface area contributed by atoms with E-state index in [-0.39, 0.29) is 10.0 Å². The van der Waals surface area contributed by atoms with E-state index in [4.69, 9.17) is 4.74 Å². The summed E-state index contributed by atoms with van der Waals surface area (Å²) < 4.78 is 5.16. The van der Waals surface area contributed by atoms with Crippen LogP contribution in [-0.2, 0) is 9.53 Å². The van der Waals surface area contributed by atoms with Gasteiger partial charge in [0.15, 0.2) is 0 Å². The zero-order valence-corrected chi connectivity index (χ0v) is 10.5. The molecule has 0 amide bonds. The first kappa shape index (κ1) is 12.2. The minimum absolute atomic E-state index is 0.0551. The molecule has 0 spiro atoms. The molecule has 1 aliphatic rings. The van der Waals surface area contributed by atoms with E-state index in [1.807, 2.05) is 30.4 Å². The molecule has 1 fully saturated rings. The summed E-state index contributed by atoms with van der Waals surface area (Å²) in [7, 11) is 0. The van der Waals surface area contributed by atoms with Gasteiger partial charge in [0.1, 0.15) is 0 Å². The van der Waals surface area contributed by atoms with Gasteiger partial charge in [-0.1, -0.05) is 0 Å². The second kappa shape index (κ2) is 5.91. The SMILES string of the molecule is CCOC(=O)CCC1(C)SCCCS1. The molecule has 1 rings (SSSR count). The Bertz CT molecular complexity index is 189. The molecular formula is C10H18O2S2. The summed E-state index contributed by atoms with van der Waals surface area (Å²) in [6.45, 7) is 4.58. The molecule has 0 radical (unpaired) electrons. The lowest BCUT2D eigenvalue weighted by Gasteiger charge is -2.31. The van der Waals surface area contributed by atoms with Gasteiger partial charge in [0, 0.05) is 6.42 Å². The van der Waals surface area contributed by atoms with Crippen molar-refractivity contribution < 1.29 is 9.53 Å². The fourth-order valence-corrected chi connectivity index (χ4v) is 4.33. The van der Waals surface area contributed by atoms with Gasteiger partial charge in [-0.25, -0.2) is 0 Å². The number of thioether (sulfide) groups is 2. The average Bonchev–Trinajstić information content (AvgIpc) is 2.17. The summed E-state index contributed by atoms with van der Waals surface area (Å²) in [5, 5.41) is 0. The number of carbonyl (C=O) groups is 1. The predicted molar refractivity (Wildman–Crippen MR) is 63.8 cm³/mol. The first-order valence-corrected chi connectivity index (χ1v) is 7.07. The van der Waals surface area contributed by atoms with Gasteiger partial charge >= 0.3 is 5.97 Å². The van der Waals surface area contributed by atoms with E-state index in [0.29, 0.717) is 13.0 Å². The van der Waals surface area contributed by atoms with E-state index in [0.717, 1.165) is 6.42 Å². The van der Waals surface area contributed by atoms with Crippen molar-refractivity contribution in [1.29, 1.82) is 0 Å². The Morgan fingerprint density at radius 3 is 2.64 bits per heavy atom. The van der Waals surface area contributed by atoms with Crippen LogP contribution in [0.2, 0.25) is 0 Å². The van der Waals surface area contributed by atoms with Crippen molar-refractivity contribution >= 4 is 29.5 Å². The topological polar surface area (TPSA) is 26.3 Å². The molecule has 82 valence electrons. The minimum atomic E-state index is -0.0551. The molecule has 0 aromatic rings. The number of hydrogen-bond acceptors (Lipinski definition) is 4. The first-order chi connectivity index (χ1) is 6.66. The van der Waals surface area contributed by atoms with Crippen molar-refractivity contribution in [2.75, 3.05) is 18.1 Å². The monoisotopic (exact) mass is 234 g/mol. The van der Waals surface area contributed by atoms with Crippen molar-refractivity contribution in [2.24, 2.45) is 0 Å². The number of esters is 1. The highest BCUT2D eigenvalue weighted by Gasteiger charge is 2.28. The van der Waals surface area contributed by atoms with Crippen LogP contribution in [0.4, 0.5) is 0 Å². The molecule has 0 aromatic heterocycles. The second-order valence-electron chi connectivity index (χ2n) is 3.49. The van der Waals surface area contributed by atoms with Crippen molar-refractivity contribution in [3.63, 3.8) is 0 Å². The molecule has 1 aliphatic heterocycles. The molecule has 14 heavy (non-hydrogen) atoms. The van der Waals surface area contributed by atoms with Crippen LogP contribution in [0.15, 0.2) is 0 Å². The molecule has 1 heterocycles. The number of ether oxygens (including phenoxy) is 1. The van der Waals surface area contributed by atoms with Crippen molar-refractivity contribution in [2.45, 2.75) is 37.2 Å². The van der Waals surface area contributed by atoms with E-state index in [1.165, 1.54) is 17.9 Å². The van der Waals surface area contributed by atoms with Gasteiger partial charge in [-0.3, -0.25) is 4.79 Å². The van der Waals surface area contributed by atoms with E-state index < -0.39 is 0 Å². The van der Waals surface area contributed by atoms with Gasteiger partial charge < -0.3 is 4.74 Å². The molecule has 0 N–H and O–H groups in total. The Morgan fingerprint density at radius 1 is 1.43 bits per heavy atom. The van der Waals surface area contributed by atoms with Crippen LogP contribution >= 0.6 is 23.5 Å². The lowest BCUT2D eigenvalue weighted by atomic mass is 10.2. The molecule has 4 heteroatoms. The highest BCUT2D eigenvalue weighted by molar-refractivity contribution is 8.18. The van der Waals surface area contributed by atoms with Crippen LogP contribution in [0.3, 0.4) is 0 Å². The average molecular weight is 234 g/mol. The Morgan fingerprint density at radius 2 is 2.07 bits per heavy atom. The van der Waals surface area contributed by atoms with Gasteiger partial charge in [-0.05, 0) is 38.2 Å². The Balaban J connectivity index is 2.24. The molecule has 1 saturated heterocycles. The molecule has 0 saturated carbocycles. The van der Waals surface area contributed by atoms with Crippen LogP contribution in [0.25, 0.3) is 0 Å². The normalized spacial score (nSPS) is 20.4. The number of hydrogen-bond donors (Lipinski definition) is 0. The zero-order chi connectivity index (χ0) is 10.4. The second-order valence-corrected chi connectivity index (χ2v) is 6.94. The third-order valence-electron chi connectivity index (χ3n) is 2.19. The summed E-state index contributed by atoms with van der Waals surface area (Å²) in [5.74, 6) is 2.40. The Kier molecular flexibility index (Phi) is 5.17. The highest BCUT2D eigenvalue weighted by Crippen LogP contribution is 2.44. The summed E-state index contributed by atoms with van der Waals surface area (Å²) in [6, 6.07) is 0. The van der Waals surface area contributed by atoms with E-state index >= 15 is 0 Å². The molecule has 0 aromatic carbocycles. The Labute approximate surface area is 94.5 Å². The Hall–Kier alpha value is 0.170. The maximum Gasteiger partial charge on any atom is 0.305 e. The molecule has 0 bridgehead atoms. The smallest absolute Gasteiger partial charge is 0.305 e. The molecule has 0 aliphatic carbocycles. The lowest BCUT2D eigenvalue weighted by Crippen LogP contribution is -2.22. The van der Waals surface area contributed by atoms with Gasteiger partial charge in [-0.2, -0.15) is 0 Å². The van der Waals surface area contributed by atoms with Gasteiger partial charge in [-0.15, -0.1) is 23.5 Å².